The highest BCUT2D eigenvalue weighted by Crippen LogP contribution is 2.27. The quantitative estimate of drug-likeness (QED) is 0.324. The van der Waals surface area contributed by atoms with Gasteiger partial charge in [-0.05, 0) is 12.1 Å². The number of aromatic nitrogens is 2. The molecular weight excluding hydrogens is 346 g/mol. The second-order valence-electron chi connectivity index (χ2n) is 5.58. The SMILES string of the molecule is O=[N+]([O-])c1ccc(C=NNc2nc(-c3ccccc3)c3ccccc3n2)o1. The third kappa shape index (κ3) is 3.49. The summed E-state index contributed by atoms with van der Waals surface area (Å²) in [6.07, 6.45) is 1.33. The van der Waals surface area contributed by atoms with Gasteiger partial charge < -0.3 is 4.42 Å². The van der Waals surface area contributed by atoms with E-state index in [1.165, 1.54) is 18.3 Å². The Hall–Kier alpha value is -4.07. The molecule has 1 N–H and O–H groups in total. The maximum absolute atomic E-state index is 10.6. The summed E-state index contributed by atoms with van der Waals surface area (Å²) in [6.45, 7) is 0. The van der Waals surface area contributed by atoms with Crippen LogP contribution < -0.4 is 5.43 Å². The van der Waals surface area contributed by atoms with Gasteiger partial charge in [-0.15, -0.1) is 0 Å². The normalized spacial score (nSPS) is 11.1. The minimum atomic E-state index is -0.608. The lowest BCUT2D eigenvalue weighted by Crippen LogP contribution is -1.99. The first-order chi connectivity index (χ1) is 13.2. The molecule has 4 aromatic rings. The van der Waals surface area contributed by atoms with Gasteiger partial charge in [0.25, 0.3) is 0 Å². The summed E-state index contributed by atoms with van der Waals surface area (Å²) < 4.78 is 5.02. The molecule has 2 aromatic heterocycles. The summed E-state index contributed by atoms with van der Waals surface area (Å²) in [6, 6.07) is 20.2. The van der Waals surface area contributed by atoms with Crippen LogP contribution in [0.4, 0.5) is 11.8 Å². The van der Waals surface area contributed by atoms with Crippen LogP contribution in [-0.2, 0) is 0 Å². The average Bonchev–Trinajstić information content (AvgIpc) is 3.17. The van der Waals surface area contributed by atoms with Crippen LogP contribution in [0.5, 0.6) is 0 Å². The zero-order valence-electron chi connectivity index (χ0n) is 13.9. The second-order valence-corrected chi connectivity index (χ2v) is 5.58. The van der Waals surface area contributed by atoms with Gasteiger partial charge in [0.05, 0.1) is 23.5 Å². The van der Waals surface area contributed by atoms with Crippen LogP contribution in [0.15, 0.2) is 76.2 Å². The summed E-state index contributed by atoms with van der Waals surface area (Å²) in [7, 11) is 0. The Balaban J connectivity index is 1.66. The number of nitrogens with one attached hydrogen (secondary N) is 1. The van der Waals surface area contributed by atoms with E-state index in [9.17, 15) is 10.1 Å². The molecule has 0 radical (unpaired) electrons. The van der Waals surface area contributed by atoms with Crippen LogP contribution in [0, 0.1) is 10.1 Å². The van der Waals surface area contributed by atoms with E-state index in [0.29, 0.717) is 5.95 Å². The molecule has 2 heterocycles. The summed E-state index contributed by atoms with van der Waals surface area (Å²) >= 11 is 0. The highest BCUT2D eigenvalue weighted by molar-refractivity contribution is 5.93. The number of para-hydroxylation sites is 1. The molecule has 132 valence electrons. The highest BCUT2D eigenvalue weighted by atomic mass is 16.6. The highest BCUT2D eigenvalue weighted by Gasteiger charge is 2.11. The van der Waals surface area contributed by atoms with Crippen molar-refractivity contribution in [3.05, 3.63) is 82.6 Å². The van der Waals surface area contributed by atoms with Crippen LogP contribution in [0.1, 0.15) is 5.76 Å². The minimum absolute atomic E-state index is 0.248. The molecule has 0 saturated heterocycles. The molecule has 0 aliphatic rings. The third-order valence-corrected chi connectivity index (χ3v) is 3.80. The molecule has 0 amide bonds. The lowest BCUT2D eigenvalue weighted by atomic mass is 10.1. The lowest BCUT2D eigenvalue weighted by molar-refractivity contribution is -0.402. The molecule has 0 fully saturated rings. The summed E-state index contributed by atoms with van der Waals surface area (Å²) in [4.78, 5) is 19.0. The summed E-state index contributed by atoms with van der Waals surface area (Å²) in [5.74, 6) is 0.216. The van der Waals surface area contributed by atoms with Gasteiger partial charge >= 0.3 is 5.88 Å². The van der Waals surface area contributed by atoms with Crippen molar-refractivity contribution in [2.75, 3.05) is 5.43 Å². The molecule has 0 atom stereocenters. The van der Waals surface area contributed by atoms with Gasteiger partial charge in [0.1, 0.15) is 4.92 Å². The van der Waals surface area contributed by atoms with E-state index < -0.39 is 4.92 Å². The van der Waals surface area contributed by atoms with Gasteiger partial charge in [0.15, 0.2) is 5.76 Å². The Morgan fingerprint density at radius 3 is 2.56 bits per heavy atom. The standard InChI is InChI=1S/C19H13N5O3/c25-24(26)17-11-10-14(27-17)12-20-23-19-21-16-9-5-4-8-15(16)18(22-19)13-6-2-1-3-7-13/h1-12H,(H,21,22,23). The number of anilines is 1. The van der Waals surface area contributed by atoms with Crippen molar-refractivity contribution in [2.24, 2.45) is 5.10 Å². The largest absolute Gasteiger partial charge is 0.433 e. The van der Waals surface area contributed by atoms with Crippen molar-refractivity contribution in [3.8, 4) is 11.3 Å². The van der Waals surface area contributed by atoms with Crippen molar-refractivity contribution >= 4 is 29.0 Å². The van der Waals surface area contributed by atoms with E-state index in [1.54, 1.807) is 0 Å². The van der Waals surface area contributed by atoms with Gasteiger partial charge in [-0.3, -0.25) is 10.1 Å². The molecule has 0 bridgehead atoms. The van der Waals surface area contributed by atoms with Crippen LogP contribution >= 0.6 is 0 Å². The number of benzene rings is 2. The molecule has 4 rings (SSSR count). The van der Waals surface area contributed by atoms with E-state index in [4.69, 9.17) is 4.42 Å². The van der Waals surface area contributed by atoms with E-state index in [-0.39, 0.29) is 11.6 Å². The van der Waals surface area contributed by atoms with E-state index in [0.717, 1.165) is 22.2 Å². The lowest BCUT2D eigenvalue weighted by Gasteiger charge is -2.08. The van der Waals surface area contributed by atoms with Crippen LogP contribution in [0.2, 0.25) is 0 Å². The Morgan fingerprint density at radius 1 is 1.00 bits per heavy atom. The van der Waals surface area contributed by atoms with Crippen molar-refractivity contribution < 1.29 is 9.34 Å². The second kappa shape index (κ2) is 7.04. The van der Waals surface area contributed by atoms with Crippen LogP contribution in [-0.4, -0.2) is 21.1 Å². The first-order valence-electron chi connectivity index (χ1n) is 8.06. The van der Waals surface area contributed by atoms with Gasteiger partial charge in [0.2, 0.25) is 5.95 Å². The predicted octanol–water partition coefficient (Wildman–Crippen LogP) is 4.24. The average molecular weight is 359 g/mol. The fraction of sp³-hybridized carbons (Fsp3) is 0. The summed E-state index contributed by atoms with van der Waals surface area (Å²) in [5.41, 5.74) is 5.27. The summed E-state index contributed by atoms with van der Waals surface area (Å²) in [5, 5.41) is 15.6. The fourth-order valence-corrected chi connectivity index (χ4v) is 2.61. The number of nitrogens with zero attached hydrogens (tertiary/aromatic N) is 4. The van der Waals surface area contributed by atoms with Gasteiger partial charge in [-0.25, -0.2) is 15.4 Å². The molecule has 27 heavy (non-hydrogen) atoms. The molecule has 0 saturated carbocycles. The first kappa shape index (κ1) is 16.4. The fourth-order valence-electron chi connectivity index (χ4n) is 2.61. The number of hydrogen-bond donors (Lipinski definition) is 1. The molecule has 0 aliphatic carbocycles. The number of fused-ring (bicyclic) bond motifs is 1. The van der Waals surface area contributed by atoms with Gasteiger partial charge in [-0.2, -0.15) is 5.10 Å². The molecule has 8 heteroatoms. The molecular formula is C19H13N5O3. The zero-order chi connectivity index (χ0) is 18.6. The number of nitro groups is 1. The molecule has 0 unspecified atom stereocenters. The Morgan fingerprint density at radius 2 is 1.78 bits per heavy atom. The van der Waals surface area contributed by atoms with Crippen LogP contribution in [0.3, 0.4) is 0 Å². The number of furan rings is 1. The predicted molar refractivity (Wildman–Crippen MR) is 102 cm³/mol. The topological polar surface area (TPSA) is 106 Å². The smallest absolute Gasteiger partial charge is 0.400 e. The van der Waals surface area contributed by atoms with Crippen molar-refractivity contribution in [3.63, 3.8) is 0 Å². The Bertz CT molecular complexity index is 1140. The number of hydrazone groups is 1. The van der Waals surface area contributed by atoms with Crippen molar-refractivity contribution in [2.45, 2.75) is 0 Å². The third-order valence-electron chi connectivity index (χ3n) is 3.80. The Labute approximate surface area is 153 Å². The minimum Gasteiger partial charge on any atom is -0.400 e. The zero-order valence-corrected chi connectivity index (χ0v) is 13.9. The maximum Gasteiger partial charge on any atom is 0.433 e. The molecule has 8 nitrogen and oxygen atoms in total. The van der Waals surface area contributed by atoms with Gasteiger partial charge in [0, 0.05) is 10.9 Å². The maximum atomic E-state index is 10.6. The molecule has 0 spiro atoms. The first-order valence-corrected chi connectivity index (χ1v) is 8.06. The van der Waals surface area contributed by atoms with E-state index >= 15 is 0 Å². The van der Waals surface area contributed by atoms with E-state index in [1.807, 2.05) is 54.6 Å². The van der Waals surface area contributed by atoms with E-state index in [2.05, 4.69) is 20.5 Å². The van der Waals surface area contributed by atoms with Crippen LogP contribution in [0.25, 0.3) is 22.2 Å². The monoisotopic (exact) mass is 359 g/mol. The number of rotatable bonds is 5. The molecule has 0 aliphatic heterocycles. The number of hydrogen-bond acceptors (Lipinski definition) is 7. The van der Waals surface area contributed by atoms with Gasteiger partial charge in [-0.1, -0.05) is 48.5 Å². The van der Waals surface area contributed by atoms with Crippen molar-refractivity contribution in [1.29, 1.82) is 0 Å². The molecule has 2 aromatic carbocycles. The van der Waals surface area contributed by atoms with Crippen molar-refractivity contribution in [1.82, 2.24) is 9.97 Å². The Kier molecular flexibility index (Phi) is 4.28.